The maximum Gasteiger partial charge on any atom is 0.212 e. The van der Waals surface area contributed by atoms with E-state index in [1.165, 1.54) is 34.5 Å². The number of fused-ring (bicyclic) bond motifs is 3. The lowest BCUT2D eigenvalue weighted by atomic mass is 9.97. The van der Waals surface area contributed by atoms with E-state index < -0.39 is 11.5 Å². The van der Waals surface area contributed by atoms with Crippen molar-refractivity contribution in [2.24, 2.45) is 0 Å². The molecule has 0 bridgehead atoms. The summed E-state index contributed by atoms with van der Waals surface area (Å²) in [5, 5.41) is 12.4. The Morgan fingerprint density at radius 3 is 2.81 bits per heavy atom. The van der Waals surface area contributed by atoms with E-state index in [9.17, 15) is 9.50 Å². The maximum absolute atomic E-state index is 13.2. The number of aromatic nitrogens is 2. The average Bonchev–Trinajstić information content (AvgIpc) is 2.87. The summed E-state index contributed by atoms with van der Waals surface area (Å²) in [6, 6.07) is 9.39. The van der Waals surface area contributed by atoms with Gasteiger partial charge in [0.05, 0.1) is 6.54 Å². The number of hydrogen-bond donors (Lipinski definition) is 1. The van der Waals surface area contributed by atoms with Crippen LogP contribution < -0.4 is 0 Å². The Kier molecular flexibility index (Phi) is 4.09. The van der Waals surface area contributed by atoms with Gasteiger partial charge in [0.25, 0.3) is 0 Å². The van der Waals surface area contributed by atoms with Gasteiger partial charge in [-0.05, 0) is 44.7 Å². The first-order chi connectivity index (χ1) is 12.3. The molecule has 5 heteroatoms. The Labute approximate surface area is 152 Å². The number of aliphatic hydroxyl groups is 1. The van der Waals surface area contributed by atoms with Crippen molar-refractivity contribution in [2.75, 3.05) is 13.6 Å². The number of halogens is 1. The van der Waals surface area contributed by atoms with Gasteiger partial charge in [-0.2, -0.15) is 4.39 Å². The van der Waals surface area contributed by atoms with Crippen molar-refractivity contribution in [1.82, 2.24) is 14.5 Å². The van der Waals surface area contributed by atoms with Crippen molar-refractivity contribution in [2.45, 2.75) is 39.0 Å². The summed E-state index contributed by atoms with van der Waals surface area (Å²) in [5.41, 5.74) is 4.51. The molecule has 0 radical (unpaired) electrons. The normalized spacial score (nSPS) is 17.3. The Morgan fingerprint density at radius 2 is 2.08 bits per heavy atom. The van der Waals surface area contributed by atoms with Gasteiger partial charge < -0.3 is 14.6 Å². The van der Waals surface area contributed by atoms with E-state index in [0.29, 0.717) is 12.1 Å². The molecule has 1 aromatic carbocycles. The van der Waals surface area contributed by atoms with E-state index in [1.54, 1.807) is 13.0 Å². The molecule has 0 saturated carbocycles. The zero-order chi connectivity index (χ0) is 18.5. The van der Waals surface area contributed by atoms with Gasteiger partial charge in [-0.15, -0.1) is 0 Å². The predicted octanol–water partition coefficient (Wildman–Crippen LogP) is 3.38. The van der Waals surface area contributed by atoms with Gasteiger partial charge in [0, 0.05) is 47.9 Å². The minimum absolute atomic E-state index is 0.416. The van der Waals surface area contributed by atoms with Gasteiger partial charge in [0.2, 0.25) is 5.95 Å². The van der Waals surface area contributed by atoms with E-state index in [4.69, 9.17) is 0 Å². The highest BCUT2D eigenvalue weighted by Crippen LogP contribution is 2.34. The highest BCUT2D eigenvalue weighted by molar-refractivity contribution is 5.86. The lowest BCUT2D eigenvalue weighted by Gasteiger charge is -2.28. The average molecular weight is 353 g/mol. The predicted molar refractivity (Wildman–Crippen MR) is 100 cm³/mol. The van der Waals surface area contributed by atoms with Crippen LogP contribution in [0.4, 0.5) is 4.39 Å². The molecular weight excluding hydrogens is 329 g/mol. The summed E-state index contributed by atoms with van der Waals surface area (Å²) < 4.78 is 15.4. The number of likely N-dealkylation sites (N-methyl/N-ethyl adjacent to an activating group) is 1. The lowest BCUT2D eigenvalue weighted by Crippen LogP contribution is -2.31. The summed E-state index contributed by atoms with van der Waals surface area (Å²) >= 11 is 0. The fraction of sp³-hybridized carbons (Fsp3) is 0.381. The molecule has 26 heavy (non-hydrogen) atoms. The van der Waals surface area contributed by atoms with Gasteiger partial charge in [-0.1, -0.05) is 17.7 Å². The third-order valence-electron chi connectivity index (χ3n) is 5.42. The van der Waals surface area contributed by atoms with Gasteiger partial charge in [0.1, 0.15) is 5.60 Å². The minimum atomic E-state index is -1.13. The van der Waals surface area contributed by atoms with Crippen molar-refractivity contribution >= 4 is 10.9 Å². The second-order valence-electron chi connectivity index (χ2n) is 7.66. The molecule has 3 aromatic rings. The zero-order valence-electron chi connectivity index (χ0n) is 15.5. The van der Waals surface area contributed by atoms with Crippen molar-refractivity contribution in [3.63, 3.8) is 0 Å². The molecule has 1 unspecified atom stereocenters. The van der Waals surface area contributed by atoms with Crippen LogP contribution in [0.2, 0.25) is 0 Å². The van der Waals surface area contributed by atoms with Crippen LogP contribution in [0.15, 0.2) is 36.5 Å². The van der Waals surface area contributed by atoms with Crippen molar-refractivity contribution in [3.05, 3.63) is 64.9 Å². The molecule has 4 nitrogen and oxygen atoms in total. The molecule has 1 aliphatic rings. The molecule has 0 spiro atoms. The third-order valence-corrected chi connectivity index (χ3v) is 5.42. The highest BCUT2D eigenvalue weighted by Gasteiger charge is 2.29. The third kappa shape index (κ3) is 2.91. The Hall–Kier alpha value is -2.24. The quantitative estimate of drug-likeness (QED) is 0.734. The molecule has 1 N–H and O–H groups in total. The second kappa shape index (κ2) is 6.18. The standard InChI is InChI=1S/C21H24FN3O/c1-14-4-6-18-16(10-14)17-12-24(3)9-8-19(17)25(18)13-21(2,26)15-5-7-20(22)23-11-15/h4-7,10-11,26H,8-9,12-13H2,1-3H3. The second-order valence-corrected chi connectivity index (χ2v) is 7.66. The number of benzene rings is 1. The van der Waals surface area contributed by atoms with Crippen LogP contribution >= 0.6 is 0 Å². The van der Waals surface area contributed by atoms with Crippen molar-refractivity contribution < 1.29 is 9.50 Å². The van der Waals surface area contributed by atoms with Crippen molar-refractivity contribution in [1.29, 1.82) is 0 Å². The molecule has 0 fully saturated rings. The van der Waals surface area contributed by atoms with E-state index in [2.05, 4.69) is 46.6 Å². The molecule has 3 heterocycles. The largest absolute Gasteiger partial charge is 0.384 e. The smallest absolute Gasteiger partial charge is 0.212 e. The molecule has 0 aliphatic carbocycles. The van der Waals surface area contributed by atoms with Gasteiger partial charge in [-0.3, -0.25) is 0 Å². The Balaban J connectivity index is 1.82. The number of rotatable bonds is 3. The maximum atomic E-state index is 13.2. The first kappa shape index (κ1) is 17.2. The summed E-state index contributed by atoms with van der Waals surface area (Å²) in [6.45, 7) is 6.21. The zero-order valence-corrected chi connectivity index (χ0v) is 15.5. The number of pyridine rings is 1. The molecule has 1 aliphatic heterocycles. The van der Waals surface area contributed by atoms with Crippen LogP contribution in [0.1, 0.15) is 29.3 Å². The number of nitrogens with zero attached hydrogens (tertiary/aromatic N) is 3. The first-order valence-electron chi connectivity index (χ1n) is 8.99. The molecule has 0 saturated heterocycles. The van der Waals surface area contributed by atoms with Crippen LogP contribution in [0, 0.1) is 12.9 Å². The summed E-state index contributed by atoms with van der Waals surface area (Å²) in [7, 11) is 2.14. The van der Waals surface area contributed by atoms with Crippen molar-refractivity contribution in [3.8, 4) is 0 Å². The highest BCUT2D eigenvalue weighted by atomic mass is 19.1. The topological polar surface area (TPSA) is 41.3 Å². The fourth-order valence-electron chi connectivity index (χ4n) is 3.97. The number of aryl methyl sites for hydroxylation is 1. The molecule has 1 atom stereocenters. The molecule has 4 rings (SSSR count). The van der Waals surface area contributed by atoms with Gasteiger partial charge >= 0.3 is 0 Å². The van der Waals surface area contributed by atoms with Crippen LogP contribution in [-0.2, 0) is 25.1 Å². The SMILES string of the molecule is Cc1ccc2c(c1)c1c(n2CC(C)(O)c2ccc(F)nc2)CCN(C)C1. The molecule has 0 amide bonds. The van der Waals surface area contributed by atoms with Gasteiger partial charge in [-0.25, -0.2) is 4.98 Å². The molecular formula is C21H24FN3O. The Morgan fingerprint density at radius 1 is 1.27 bits per heavy atom. The summed E-state index contributed by atoms with van der Waals surface area (Å²) in [6.07, 6.45) is 2.38. The summed E-state index contributed by atoms with van der Waals surface area (Å²) in [4.78, 5) is 6.03. The Bertz CT molecular complexity index is 960. The molecule has 2 aromatic heterocycles. The number of hydrogen-bond acceptors (Lipinski definition) is 3. The monoisotopic (exact) mass is 353 g/mol. The van der Waals surface area contributed by atoms with Gasteiger partial charge in [0.15, 0.2) is 0 Å². The van der Waals surface area contributed by atoms with E-state index in [0.717, 1.165) is 25.0 Å². The van der Waals surface area contributed by atoms with Crippen LogP contribution in [-0.4, -0.2) is 33.1 Å². The fourth-order valence-corrected chi connectivity index (χ4v) is 3.97. The minimum Gasteiger partial charge on any atom is -0.384 e. The van der Waals surface area contributed by atoms with Crippen LogP contribution in [0.25, 0.3) is 10.9 Å². The lowest BCUT2D eigenvalue weighted by molar-refractivity contribution is 0.0380. The molecule has 136 valence electrons. The van der Waals surface area contributed by atoms with Crippen LogP contribution in [0.3, 0.4) is 0 Å². The van der Waals surface area contributed by atoms with Crippen LogP contribution in [0.5, 0.6) is 0 Å². The van der Waals surface area contributed by atoms with E-state index in [-0.39, 0.29) is 0 Å². The summed E-state index contributed by atoms with van der Waals surface area (Å²) in [5.74, 6) is -0.535. The first-order valence-corrected chi connectivity index (χ1v) is 8.99. The van der Waals surface area contributed by atoms with E-state index >= 15 is 0 Å². The van der Waals surface area contributed by atoms with E-state index in [1.807, 2.05) is 0 Å².